The van der Waals surface area contributed by atoms with Crippen LogP contribution < -0.4 is 9.64 Å². The van der Waals surface area contributed by atoms with Gasteiger partial charge in [-0.2, -0.15) is 22.5 Å². The number of ether oxygens (including phenoxy) is 3. The van der Waals surface area contributed by atoms with Crippen molar-refractivity contribution in [3.05, 3.63) is 41.4 Å². The molecular formula is C28H30ClF3N4O8S. The van der Waals surface area contributed by atoms with Crippen molar-refractivity contribution in [3.63, 3.8) is 0 Å². The van der Waals surface area contributed by atoms with Crippen LogP contribution in [0.1, 0.15) is 12.8 Å². The first kappa shape index (κ1) is 31.8. The Morgan fingerprint density at radius 2 is 1.69 bits per heavy atom. The molecule has 45 heavy (non-hydrogen) atoms. The number of aliphatic hydroxyl groups is 1. The van der Waals surface area contributed by atoms with Crippen molar-refractivity contribution in [1.29, 1.82) is 0 Å². The molecule has 1 aromatic heterocycles. The normalized spacial score (nSPS) is 25.6. The lowest BCUT2D eigenvalue weighted by Gasteiger charge is -2.35. The smallest absolute Gasteiger partial charge is 0.475 e. The zero-order valence-corrected chi connectivity index (χ0v) is 25.2. The molecule has 1 aliphatic carbocycles. The molecule has 4 fully saturated rings. The summed E-state index contributed by atoms with van der Waals surface area (Å²) in [5.74, 6) is -2.76. The van der Waals surface area contributed by atoms with Crippen LogP contribution >= 0.6 is 11.6 Å². The summed E-state index contributed by atoms with van der Waals surface area (Å²) in [5, 5.41) is 17.5. The lowest BCUT2D eigenvalue weighted by molar-refractivity contribution is -0.192. The number of aromatic nitrogens is 2. The molecule has 4 atom stereocenters. The molecule has 3 N–H and O–H groups in total. The maximum absolute atomic E-state index is 12.5. The molecule has 12 nitrogen and oxygen atoms in total. The van der Waals surface area contributed by atoms with E-state index in [1.54, 1.807) is 4.31 Å². The van der Waals surface area contributed by atoms with Crippen LogP contribution in [0, 0.1) is 0 Å². The maximum atomic E-state index is 12.5. The highest BCUT2D eigenvalue weighted by Gasteiger charge is 2.48. The van der Waals surface area contributed by atoms with Gasteiger partial charge in [-0.15, -0.1) is 0 Å². The van der Waals surface area contributed by atoms with E-state index >= 15 is 0 Å². The summed E-state index contributed by atoms with van der Waals surface area (Å²) < 4.78 is 75.7. The fraction of sp³-hybridized carbons (Fsp3) is 0.500. The van der Waals surface area contributed by atoms with Crippen LogP contribution in [0.25, 0.3) is 22.2 Å². The van der Waals surface area contributed by atoms with Gasteiger partial charge in [-0.1, -0.05) is 23.7 Å². The minimum atomic E-state index is -5.08. The number of anilines is 1. The van der Waals surface area contributed by atoms with Gasteiger partial charge >= 0.3 is 12.1 Å². The number of carboxylic acids is 1. The first-order valence-corrected chi connectivity index (χ1v) is 16.1. The summed E-state index contributed by atoms with van der Waals surface area (Å²) in [6, 6.07) is 12.3. The summed E-state index contributed by atoms with van der Waals surface area (Å²) in [4.78, 5) is 18.9. The largest absolute Gasteiger partial charge is 0.490 e. The summed E-state index contributed by atoms with van der Waals surface area (Å²) in [6.45, 7) is 2.96. The zero-order chi connectivity index (χ0) is 32.1. The van der Waals surface area contributed by atoms with E-state index in [-0.39, 0.29) is 30.2 Å². The molecule has 1 saturated carbocycles. The molecular weight excluding hydrogens is 645 g/mol. The third-order valence-corrected chi connectivity index (χ3v) is 10.8. The molecule has 3 aromatic rings. The number of nitrogens with one attached hydrogen (secondary N) is 1. The lowest BCUT2D eigenvalue weighted by Crippen LogP contribution is -2.49. The van der Waals surface area contributed by atoms with E-state index in [1.807, 2.05) is 36.4 Å². The summed E-state index contributed by atoms with van der Waals surface area (Å²) in [6.07, 6.45) is -5.17. The quantitative estimate of drug-likeness (QED) is 0.356. The third-order valence-electron chi connectivity index (χ3n) is 8.12. The van der Waals surface area contributed by atoms with Crippen molar-refractivity contribution in [2.75, 3.05) is 44.3 Å². The molecule has 0 radical (unpaired) electrons. The molecule has 4 heterocycles. The fourth-order valence-corrected chi connectivity index (χ4v) is 7.70. The van der Waals surface area contributed by atoms with Gasteiger partial charge in [0.1, 0.15) is 18.3 Å². The average Bonchev–Trinajstić information content (AvgIpc) is 3.56. The van der Waals surface area contributed by atoms with Gasteiger partial charge in [-0.3, -0.25) is 0 Å². The van der Waals surface area contributed by atoms with Crippen LogP contribution in [0.3, 0.4) is 0 Å². The van der Waals surface area contributed by atoms with Gasteiger partial charge in [0.25, 0.3) is 6.01 Å². The number of hydrogen-bond donors (Lipinski definition) is 3. The van der Waals surface area contributed by atoms with E-state index in [0.717, 1.165) is 40.7 Å². The van der Waals surface area contributed by atoms with Gasteiger partial charge < -0.3 is 34.3 Å². The molecule has 0 unspecified atom stereocenters. The number of aliphatic carboxylic acids is 1. The lowest BCUT2D eigenvalue weighted by atomic mass is 10.0. The van der Waals surface area contributed by atoms with Crippen molar-refractivity contribution in [3.8, 4) is 17.1 Å². The Kier molecular flexibility index (Phi) is 8.64. The average molecular weight is 675 g/mol. The number of halogens is 4. The second-order valence-electron chi connectivity index (χ2n) is 11.2. The van der Waals surface area contributed by atoms with Gasteiger partial charge in [0, 0.05) is 37.4 Å². The number of carboxylic acid groups (broad SMARTS) is 1. The minimum Gasteiger partial charge on any atom is -0.475 e. The van der Waals surface area contributed by atoms with Gasteiger partial charge in [-0.05, 0) is 42.7 Å². The molecule has 0 bridgehead atoms. The molecule has 0 spiro atoms. The predicted molar refractivity (Wildman–Crippen MR) is 156 cm³/mol. The van der Waals surface area contributed by atoms with Crippen LogP contribution in [-0.4, -0.2) is 114 Å². The van der Waals surface area contributed by atoms with Crippen LogP contribution in [0.4, 0.5) is 18.9 Å². The molecule has 244 valence electrons. The molecule has 4 aliphatic rings. The first-order chi connectivity index (χ1) is 21.3. The number of alkyl halides is 3. The number of aliphatic hydroxyl groups excluding tert-OH is 1. The highest BCUT2D eigenvalue weighted by molar-refractivity contribution is 7.90. The van der Waals surface area contributed by atoms with Crippen LogP contribution in [-0.2, 0) is 24.3 Å². The second-order valence-corrected chi connectivity index (χ2v) is 13.8. The SMILES string of the molecule is O=C(O)C(F)(F)F.O=S(=O)(C1CC1)N1CCN(c2ccc(-c3cc4nc(O[C@@H]5CO[C@H]6[C@@H]5OC[C@H]6O)[nH]c4cc3Cl)cc2)CC1. The molecule has 3 aliphatic heterocycles. The maximum Gasteiger partial charge on any atom is 0.490 e. The molecule has 7 rings (SSSR count). The van der Waals surface area contributed by atoms with Crippen molar-refractivity contribution in [2.45, 2.75) is 48.7 Å². The van der Waals surface area contributed by atoms with Gasteiger partial charge in [0.05, 0.1) is 34.5 Å². The summed E-state index contributed by atoms with van der Waals surface area (Å²) in [7, 11) is -3.12. The van der Waals surface area contributed by atoms with Gasteiger partial charge in [0.15, 0.2) is 6.10 Å². The summed E-state index contributed by atoms with van der Waals surface area (Å²) in [5.41, 5.74) is 4.35. The molecule has 3 saturated heterocycles. The first-order valence-electron chi connectivity index (χ1n) is 14.2. The van der Waals surface area contributed by atoms with Crippen molar-refractivity contribution >= 4 is 44.3 Å². The van der Waals surface area contributed by atoms with E-state index in [0.29, 0.717) is 43.8 Å². The number of piperazine rings is 1. The third kappa shape index (κ3) is 6.71. The van der Waals surface area contributed by atoms with Gasteiger partial charge in [0.2, 0.25) is 10.0 Å². The highest BCUT2D eigenvalue weighted by atomic mass is 35.5. The number of aromatic amines is 1. The summed E-state index contributed by atoms with van der Waals surface area (Å²) >= 11 is 6.65. The number of nitrogens with zero attached hydrogens (tertiary/aromatic N) is 3. The molecule has 2 aromatic carbocycles. The van der Waals surface area contributed by atoms with E-state index in [4.69, 9.17) is 35.7 Å². The standard InChI is InChI=1S/C26H29ClN4O6S.C2HF3O2/c27-19-12-21-20(28-26(29-21)37-23-14-36-24-22(32)13-35-25(23)24)11-18(19)15-1-3-16(4-2-15)30-7-9-31(10-8-30)38(33,34)17-5-6-17;3-2(4,5)1(6)7/h1-4,11-12,17,22-25,32H,5-10,13-14H2,(H,28,29);(H,6,7)/t22-,23-,24-,25-;/m1./s1. The Balaban J connectivity index is 0.000000460. The van der Waals surface area contributed by atoms with Crippen LogP contribution in [0.2, 0.25) is 5.02 Å². The predicted octanol–water partition coefficient (Wildman–Crippen LogP) is 3.04. The van der Waals surface area contributed by atoms with Crippen LogP contribution in [0.5, 0.6) is 6.01 Å². The molecule has 0 amide bonds. The number of sulfonamides is 1. The van der Waals surface area contributed by atoms with Crippen molar-refractivity contribution in [2.24, 2.45) is 0 Å². The number of benzene rings is 2. The van der Waals surface area contributed by atoms with E-state index < -0.39 is 28.3 Å². The number of rotatable bonds is 6. The van der Waals surface area contributed by atoms with Crippen molar-refractivity contribution in [1.82, 2.24) is 14.3 Å². The van der Waals surface area contributed by atoms with E-state index in [9.17, 15) is 26.7 Å². The highest BCUT2D eigenvalue weighted by Crippen LogP contribution is 2.35. The monoisotopic (exact) mass is 674 g/mol. The van der Waals surface area contributed by atoms with Gasteiger partial charge in [-0.25, -0.2) is 13.2 Å². The molecule has 17 heteroatoms. The Morgan fingerprint density at radius 1 is 1.04 bits per heavy atom. The Bertz CT molecular complexity index is 1660. The minimum absolute atomic E-state index is 0.160. The topological polar surface area (TPSA) is 155 Å². The number of fused-ring (bicyclic) bond motifs is 2. The fourth-order valence-electron chi connectivity index (χ4n) is 5.60. The number of imidazole rings is 1. The van der Waals surface area contributed by atoms with Crippen LogP contribution in [0.15, 0.2) is 36.4 Å². The second kappa shape index (κ2) is 12.2. The van der Waals surface area contributed by atoms with Crippen molar-refractivity contribution < 1.29 is 50.8 Å². The number of hydrogen-bond acceptors (Lipinski definition) is 9. The Labute approximate surface area is 260 Å². The zero-order valence-electron chi connectivity index (χ0n) is 23.6. The van der Waals surface area contributed by atoms with E-state index in [2.05, 4.69) is 14.9 Å². The van der Waals surface area contributed by atoms with E-state index in [1.165, 1.54) is 0 Å². The Morgan fingerprint density at radius 3 is 2.31 bits per heavy atom. The number of H-pyrrole nitrogens is 1. The Hall–Kier alpha value is -3.15. The number of carbonyl (C=O) groups is 1.